The van der Waals surface area contributed by atoms with E-state index in [4.69, 9.17) is 5.11 Å². The minimum Gasteiger partial charge on any atom is -0.396 e. The maximum atomic E-state index is 12.8. The van der Waals surface area contributed by atoms with Crippen molar-refractivity contribution in [3.8, 4) is 0 Å². The number of hydrogen-bond donors (Lipinski definition) is 2. The number of nitrogens with one attached hydrogen (secondary N) is 1. The van der Waals surface area contributed by atoms with E-state index >= 15 is 0 Å². The van der Waals surface area contributed by atoms with Gasteiger partial charge in [-0.05, 0) is 47.0 Å². The molecule has 0 bridgehead atoms. The van der Waals surface area contributed by atoms with E-state index in [0.29, 0.717) is 29.4 Å². The Kier molecular flexibility index (Phi) is 5.42. The average molecular weight is 290 g/mol. The molecule has 0 heterocycles. The second-order valence-electron chi connectivity index (χ2n) is 3.35. The maximum absolute atomic E-state index is 12.8. The zero-order valence-corrected chi connectivity index (χ0v) is 10.3. The third-order valence-electron chi connectivity index (χ3n) is 2.02. The number of aliphatic hydroxyl groups excluding tert-OH is 1. The summed E-state index contributed by atoms with van der Waals surface area (Å²) in [4.78, 5) is 11.4. The summed E-state index contributed by atoms with van der Waals surface area (Å²) in [6, 6.07) is 4.08. The lowest BCUT2D eigenvalue weighted by molar-refractivity contribution is -0.116. The molecule has 0 saturated heterocycles. The highest BCUT2D eigenvalue weighted by Gasteiger charge is 2.05. The molecule has 0 aromatic heterocycles. The molecule has 3 nitrogen and oxygen atoms in total. The van der Waals surface area contributed by atoms with Crippen LogP contribution in [0.2, 0.25) is 0 Å². The molecule has 88 valence electrons. The van der Waals surface area contributed by atoms with Gasteiger partial charge >= 0.3 is 0 Å². The fourth-order valence-electron chi connectivity index (χ4n) is 1.20. The summed E-state index contributed by atoms with van der Waals surface area (Å²) in [7, 11) is 0. The van der Waals surface area contributed by atoms with Crippen molar-refractivity contribution in [3.63, 3.8) is 0 Å². The number of halogens is 2. The SMILES string of the molecule is O=C(CCCCO)Nc1ccc(F)cc1Br. The first-order chi connectivity index (χ1) is 7.63. The number of hydrogen-bond acceptors (Lipinski definition) is 2. The maximum Gasteiger partial charge on any atom is 0.224 e. The van der Waals surface area contributed by atoms with Gasteiger partial charge in [-0.3, -0.25) is 4.79 Å². The Morgan fingerprint density at radius 1 is 1.44 bits per heavy atom. The molecule has 1 aromatic rings. The van der Waals surface area contributed by atoms with Gasteiger partial charge in [-0.2, -0.15) is 0 Å². The molecule has 0 aliphatic heterocycles. The van der Waals surface area contributed by atoms with Gasteiger partial charge in [0, 0.05) is 17.5 Å². The number of carbonyl (C=O) groups excluding carboxylic acids is 1. The van der Waals surface area contributed by atoms with E-state index < -0.39 is 0 Å². The van der Waals surface area contributed by atoms with E-state index in [2.05, 4.69) is 21.2 Å². The van der Waals surface area contributed by atoms with Crippen LogP contribution in [0.25, 0.3) is 0 Å². The molecular weight excluding hydrogens is 277 g/mol. The van der Waals surface area contributed by atoms with E-state index in [9.17, 15) is 9.18 Å². The number of benzene rings is 1. The molecule has 16 heavy (non-hydrogen) atoms. The van der Waals surface area contributed by atoms with Crippen molar-refractivity contribution < 1.29 is 14.3 Å². The molecule has 1 amide bonds. The largest absolute Gasteiger partial charge is 0.396 e. The standard InChI is InChI=1S/C11H13BrFNO2/c12-9-7-8(13)4-5-10(9)14-11(16)3-1-2-6-15/h4-5,7,15H,1-3,6H2,(H,14,16). The molecule has 0 aliphatic rings. The predicted octanol–water partition coefficient (Wildman–Crippen LogP) is 2.69. The Bertz CT molecular complexity index is 371. The first-order valence-electron chi connectivity index (χ1n) is 4.99. The van der Waals surface area contributed by atoms with Gasteiger partial charge < -0.3 is 10.4 Å². The van der Waals surface area contributed by atoms with E-state index in [1.54, 1.807) is 0 Å². The van der Waals surface area contributed by atoms with Gasteiger partial charge in [0.25, 0.3) is 0 Å². The summed E-state index contributed by atoms with van der Waals surface area (Å²) >= 11 is 3.16. The lowest BCUT2D eigenvalue weighted by atomic mass is 10.2. The third kappa shape index (κ3) is 4.28. The van der Waals surface area contributed by atoms with Crippen molar-refractivity contribution in [1.82, 2.24) is 0 Å². The smallest absolute Gasteiger partial charge is 0.224 e. The fourth-order valence-corrected chi connectivity index (χ4v) is 1.65. The first kappa shape index (κ1) is 13.1. The first-order valence-corrected chi connectivity index (χ1v) is 5.78. The molecule has 1 aromatic carbocycles. The van der Waals surface area contributed by atoms with Gasteiger partial charge in [-0.1, -0.05) is 0 Å². The molecule has 0 saturated carbocycles. The number of aliphatic hydroxyl groups is 1. The predicted molar refractivity (Wildman–Crippen MR) is 63.7 cm³/mol. The van der Waals surface area contributed by atoms with E-state index in [1.807, 2.05) is 0 Å². The lowest BCUT2D eigenvalue weighted by Gasteiger charge is -2.06. The second-order valence-corrected chi connectivity index (χ2v) is 4.21. The van der Waals surface area contributed by atoms with Crippen molar-refractivity contribution >= 4 is 27.5 Å². The summed E-state index contributed by atoms with van der Waals surface area (Å²) in [5.74, 6) is -0.495. The van der Waals surface area contributed by atoms with Gasteiger partial charge in [0.05, 0.1) is 5.69 Å². The fraction of sp³-hybridized carbons (Fsp3) is 0.364. The molecule has 1 rings (SSSR count). The van der Waals surface area contributed by atoms with Gasteiger partial charge in [0.1, 0.15) is 5.82 Å². The summed E-state index contributed by atoms with van der Waals surface area (Å²) < 4.78 is 13.3. The average Bonchev–Trinajstić information content (AvgIpc) is 2.23. The van der Waals surface area contributed by atoms with Crippen LogP contribution in [0, 0.1) is 5.82 Å². The number of carbonyl (C=O) groups is 1. The van der Waals surface area contributed by atoms with Crippen LogP contribution >= 0.6 is 15.9 Å². The Morgan fingerprint density at radius 3 is 2.81 bits per heavy atom. The normalized spacial score (nSPS) is 10.2. The molecule has 5 heteroatoms. The molecule has 0 fully saturated rings. The van der Waals surface area contributed by atoms with Gasteiger partial charge in [-0.25, -0.2) is 4.39 Å². The molecule has 0 unspecified atom stereocenters. The number of anilines is 1. The van der Waals surface area contributed by atoms with Crippen molar-refractivity contribution in [2.75, 3.05) is 11.9 Å². The Labute approximate surface area is 102 Å². The van der Waals surface area contributed by atoms with Crippen molar-refractivity contribution in [2.45, 2.75) is 19.3 Å². The molecule has 0 radical (unpaired) electrons. The highest BCUT2D eigenvalue weighted by atomic mass is 79.9. The summed E-state index contributed by atoms with van der Waals surface area (Å²) in [5.41, 5.74) is 0.551. The van der Waals surface area contributed by atoms with Gasteiger partial charge in [0.2, 0.25) is 5.91 Å². The van der Waals surface area contributed by atoms with Gasteiger partial charge in [-0.15, -0.1) is 0 Å². The number of amides is 1. The van der Waals surface area contributed by atoms with Crippen LogP contribution in [0.1, 0.15) is 19.3 Å². The summed E-state index contributed by atoms with van der Waals surface area (Å²) in [5, 5.41) is 11.2. The van der Waals surface area contributed by atoms with Crippen LogP contribution in [0.5, 0.6) is 0 Å². The second kappa shape index (κ2) is 6.60. The lowest BCUT2D eigenvalue weighted by Crippen LogP contribution is -2.11. The van der Waals surface area contributed by atoms with Crippen LogP contribution < -0.4 is 5.32 Å². The minimum atomic E-state index is -0.356. The molecule has 0 aliphatic carbocycles. The van der Waals surface area contributed by atoms with Crippen LogP contribution in [0.4, 0.5) is 10.1 Å². The van der Waals surface area contributed by atoms with Crippen LogP contribution in [0.3, 0.4) is 0 Å². The van der Waals surface area contributed by atoms with Crippen LogP contribution in [-0.4, -0.2) is 17.6 Å². The molecule has 0 spiro atoms. The molecular formula is C11H13BrFNO2. The highest BCUT2D eigenvalue weighted by Crippen LogP contribution is 2.23. The number of rotatable bonds is 5. The van der Waals surface area contributed by atoms with Crippen molar-refractivity contribution in [3.05, 3.63) is 28.5 Å². The van der Waals surface area contributed by atoms with Gasteiger partial charge in [0.15, 0.2) is 0 Å². The van der Waals surface area contributed by atoms with E-state index in [-0.39, 0.29) is 18.3 Å². The molecule has 0 atom stereocenters. The van der Waals surface area contributed by atoms with Crippen molar-refractivity contribution in [1.29, 1.82) is 0 Å². The van der Waals surface area contributed by atoms with E-state index in [1.165, 1.54) is 18.2 Å². The zero-order valence-electron chi connectivity index (χ0n) is 8.67. The Morgan fingerprint density at radius 2 is 2.19 bits per heavy atom. The monoisotopic (exact) mass is 289 g/mol. The Balaban J connectivity index is 2.49. The molecule has 2 N–H and O–H groups in total. The minimum absolute atomic E-state index is 0.0908. The zero-order chi connectivity index (χ0) is 12.0. The van der Waals surface area contributed by atoms with Crippen LogP contribution in [-0.2, 0) is 4.79 Å². The Hall–Kier alpha value is -0.940. The summed E-state index contributed by atoms with van der Waals surface area (Å²) in [6.07, 6.45) is 1.60. The summed E-state index contributed by atoms with van der Waals surface area (Å²) in [6.45, 7) is 0.0908. The quantitative estimate of drug-likeness (QED) is 0.819. The van der Waals surface area contributed by atoms with E-state index in [0.717, 1.165) is 0 Å². The topological polar surface area (TPSA) is 49.3 Å². The van der Waals surface area contributed by atoms with Crippen LogP contribution in [0.15, 0.2) is 22.7 Å². The highest BCUT2D eigenvalue weighted by molar-refractivity contribution is 9.10. The third-order valence-corrected chi connectivity index (χ3v) is 2.67. The van der Waals surface area contributed by atoms with Crippen molar-refractivity contribution in [2.24, 2.45) is 0 Å². The number of unbranched alkanes of at least 4 members (excludes halogenated alkanes) is 1.